The lowest BCUT2D eigenvalue weighted by Gasteiger charge is -2.10. The van der Waals surface area contributed by atoms with E-state index in [1.54, 1.807) is 17.4 Å². The van der Waals surface area contributed by atoms with Crippen LogP contribution in [0.5, 0.6) is 0 Å². The Morgan fingerprint density at radius 2 is 2.15 bits per heavy atom. The van der Waals surface area contributed by atoms with Crippen LogP contribution in [0, 0.1) is 12.7 Å². The van der Waals surface area contributed by atoms with Crippen LogP contribution in [-0.4, -0.2) is 19.6 Å². The van der Waals surface area contributed by atoms with Crippen LogP contribution in [0.4, 0.5) is 4.39 Å². The molecular formula is C15H16FNO2S. The van der Waals surface area contributed by atoms with Gasteiger partial charge in [0, 0.05) is 23.4 Å². The van der Waals surface area contributed by atoms with Crippen LogP contribution >= 0.6 is 11.3 Å². The maximum atomic E-state index is 13.4. The number of amides is 1. The summed E-state index contributed by atoms with van der Waals surface area (Å²) in [5.41, 5.74) is 1.71. The number of carbonyl (C=O) groups is 1. The molecule has 1 heterocycles. The zero-order valence-electron chi connectivity index (χ0n) is 11.4. The van der Waals surface area contributed by atoms with Gasteiger partial charge in [0.2, 0.25) is 5.91 Å². The second kappa shape index (κ2) is 6.63. The van der Waals surface area contributed by atoms with Crippen LogP contribution in [-0.2, 0) is 16.1 Å². The minimum absolute atomic E-state index is 0.00274. The van der Waals surface area contributed by atoms with E-state index >= 15 is 0 Å². The summed E-state index contributed by atoms with van der Waals surface area (Å²) in [5, 5.41) is 2.72. The van der Waals surface area contributed by atoms with Gasteiger partial charge in [-0.3, -0.25) is 4.79 Å². The predicted molar refractivity (Wildman–Crippen MR) is 78.2 cm³/mol. The maximum Gasteiger partial charge on any atom is 0.246 e. The third-order valence-corrected chi connectivity index (χ3v) is 3.86. The first-order valence-electron chi connectivity index (χ1n) is 6.21. The lowest BCUT2D eigenvalue weighted by Crippen LogP contribution is -2.26. The highest BCUT2D eigenvalue weighted by Gasteiger charge is 2.10. The second-order valence-electron chi connectivity index (χ2n) is 4.42. The van der Waals surface area contributed by atoms with Gasteiger partial charge in [0.05, 0.1) is 0 Å². The van der Waals surface area contributed by atoms with Crippen molar-refractivity contribution in [2.75, 3.05) is 13.7 Å². The zero-order chi connectivity index (χ0) is 14.5. The molecule has 1 N–H and O–H groups in total. The summed E-state index contributed by atoms with van der Waals surface area (Å²) in [6.45, 7) is 2.31. The van der Waals surface area contributed by atoms with Crippen molar-refractivity contribution in [2.24, 2.45) is 0 Å². The van der Waals surface area contributed by atoms with Crippen LogP contribution in [0.3, 0.4) is 0 Å². The number of ether oxygens (including phenoxy) is 1. The molecular weight excluding hydrogens is 277 g/mol. The van der Waals surface area contributed by atoms with Gasteiger partial charge in [-0.15, -0.1) is 11.3 Å². The number of thiophene rings is 1. The average Bonchev–Trinajstić information content (AvgIpc) is 2.83. The van der Waals surface area contributed by atoms with E-state index in [1.807, 2.05) is 19.1 Å². The second-order valence-corrected chi connectivity index (χ2v) is 5.71. The molecule has 0 fully saturated rings. The van der Waals surface area contributed by atoms with Gasteiger partial charge in [0.1, 0.15) is 12.4 Å². The Morgan fingerprint density at radius 1 is 1.35 bits per heavy atom. The summed E-state index contributed by atoms with van der Waals surface area (Å²) >= 11 is 1.65. The third kappa shape index (κ3) is 3.65. The summed E-state index contributed by atoms with van der Waals surface area (Å²) in [5.74, 6) is -0.525. The standard InChI is InChI=1S/C15H16FNO2S/c1-10-3-6-14(20-10)13-5-4-12(16)7-11(13)8-17-15(18)9-19-2/h3-7H,8-9H2,1-2H3,(H,17,18). The first-order valence-corrected chi connectivity index (χ1v) is 7.02. The number of benzene rings is 1. The van der Waals surface area contributed by atoms with Gasteiger partial charge in [0.25, 0.3) is 0 Å². The molecule has 2 aromatic rings. The molecule has 1 aromatic carbocycles. The normalized spacial score (nSPS) is 10.6. The Hall–Kier alpha value is -1.72. The number of nitrogens with one attached hydrogen (secondary N) is 1. The Morgan fingerprint density at radius 3 is 2.80 bits per heavy atom. The fourth-order valence-electron chi connectivity index (χ4n) is 1.90. The minimum atomic E-state index is -0.307. The zero-order valence-corrected chi connectivity index (χ0v) is 12.2. The van der Waals surface area contributed by atoms with Gasteiger partial charge >= 0.3 is 0 Å². The van der Waals surface area contributed by atoms with Crippen molar-refractivity contribution in [1.29, 1.82) is 0 Å². The topological polar surface area (TPSA) is 38.3 Å². The molecule has 1 amide bonds. The fourth-order valence-corrected chi connectivity index (χ4v) is 2.83. The molecule has 20 heavy (non-hydrogen) atoms. The van der Waals surface area contributed by atoms with Crippen molar-refractivity contribution in [3.63, 3.8) is 0 Å². The fraction of sp³-hybridized carbons (Fsp3) is 0.267. The number of rotatable bonds is 5. The molecule has 106 valence electrons. The molecule has 0 spiro atoms. The number of hydrogen-bond donors (Lipinski definition) is 1. The van der Waals surface area contributed by atoms with E-state index in [-0.39, 0.29) is 24.9 Å². The van der Waals surface area contributed by atoms with Crippen molar-refractivity contribution in [3.05, 3.63) is 46.6 Å². The highest BCUT2D eigenvalue weighted by Crippen LogP contribution is 2.30. The summed E-state index contributed by atoms with van der Waals surface area (Å²) in [7, 11) is 1.46. The Balaban J connectivity index is 2.22. The van der Waals surface area contributed by atoms with Crippen LogP contribution in [0.1, 0.15) is 10.4 Å². The molecule has 0 saturated carbocycles. The quantitative estimate of drug-likeness (QED) is 0.920. The smallest absolute Gasteiger partial charge is 0.246 e. The van der Waals surface area contributed by atoms with Crippen LogP contribution in [0.25, 0.3) is 10.4 Å². The SMILES string of the molecule is COCC(=O)NCc1cc(F)ccc1-c1ccc(C)s1. The summed E-state index contributed by atoms with van der Waals surface area (Å²) in [6.07, 6.45) is 0. The molecule has 0 aliphatic rings. The van der Waals surface area contributed by atoms with Crippen molar-refractivity contribution in [1.82, 2.24) is 5.32 Å². The minimum Gasteiger partial charge on any atom is -0.375 e. The molecule has 2 rings (SSSR count). The number of carbonyl (C=O) groups excluding carboxylic acids is 1. The van der Waals surface area contributed by atoms with Crippen molar-refractivity contribution in [3.8, 4) is 10.4 Å². The van der Waals surface area contributed by atoms with Crippen LogP contribution in [0.2, 0.25) is 0 Å². The Kier molecular flexibility index (Phi) is 4.87. The summed E-state index contributed by atoms with van der Waals surface area (Å²) in [6, 6.07) is 8.67. The van der Waals surface area contributed by atoms with E-state index < -0.39 is 0 Å². The van der Waals surface area contributed by atoms with Crippen LogP contribution < -0.4 is 5.32 Å². The molecule has 5 heteroatoms. The van der Waals surface area contributed by atoms with Gasteiger partial charge in [-0.05, 0) is 42.3 Å². The molecule has 0 saturated heterocycles. The predicted octanol–water partition coefficient (Wildman–Crippen LogP) is 3.13. The Labute approximate surface area is 121 Å². The summed E-state index contributed by atoms with van der Waals surface area (Å²) in [4.78, 5) is 13.7. The van der Waals surface area contributed by atoms with Crippen molar-refractivity contribution >= 4 is 17.2 Å². The molecule has 0 aliphatic heterocycles. The summed E-state index contributed by atoms with van der Waals surface area (Å²) < 4.78 is 18.2. The number of hydrogen-bond acceptors (Lipinski definition) is 3. The van der Waals surface area contributed by atoms with Gasteiger partial charge in [-0.1, -0.05) is 6.07 Å². The highest BCUT2D eigenvalue weighted by molar-refractivity contribution is 7.15. The number of aryl methyl sites for hydroxylation is 1. The van der Waals surface area contributed by atoms with E-state index in [9.17, 15) is 9.18 Å². The lowest BCUT2D eigenvalue weighted by molar-refractivity contribution is -0.124. The van der Waals surface area contributed by atoms with E-state index in [0.29, 0.717) is 0 Å². The first kappa shape index (κ1) is 14.7. The molecule has 3 nitrogen and oxygen atoms in total. The molecule has 1 aromatic heterocycles. The molecule has 0 aliphatic carbocycles. The molecule has 0 bridgehead atoms. The van der Waals surface area contributed by atoms with E-state index in [4.69, 9.17) is 4.74 Å². The molecule has 0 radical (unpaired) electrons. The molecule has 0 unspecified atom stereocenters. The monoisotopic (exact) mass is 293 g/mol. The van der Waals surface area contributed by atoms with E-state index in [0.717, 1.165) is 16.0 Å². The third-order valence-electron chi connectivity index (χ3n) is 2.82. The van der Waals surface area contributed by atoms with Crippen LogP contribution in [0.15, 0.2) is 30.3 Å². The lowest BCUT2D eigenvalue weighted by atomic mass is 10.1. The van der Waals surface area contributed by atoms with Gasteiger partial charge < -0.3 is 10.1 Å². The number of methoxy groups -OCH3 is 1. The first-order chi connectivity index (χ1) is 9.60. The van der Waals surface area contributed by atoms with E-state index in [1.165, 1.54) is 24.1 Å². The molecule has 0 atom stereocenters. The highest BCUT2D eigenvalue weighted by atomic mass is 32.1. The van der Waals surface area contributed by atoms with Gasteiger partial charge in [-0.25, -0.2) is 4.39 Å². The largest absolute Gasteiger partial charge is 0.375 e. The average molecular weight is 293 g/mol. The van der Waals surface area contributed by atoms with Gasteiger partial charge in [0.15, 0.2) is 0 Å². The van der Waals surface area contributed by atoms with Crippen molar-refractivity contribution < 1.29 is 13.9 Å². The number of halogens is 1. The van der Waals surface area contributed by atoms with E-state index in [2.05, 4.69) is 5.32 Å². The van der Waals surface area contributed by atoms with Crippen molar-refractivity contribution in [2.45, 2.75) is 13.5 Å². The Bertz CT molecular complexity index is 610. The van der Waals surface area contributed by atoms with Gasteiger partial charge in [-0.2, -0.15) is 0 Å². The maximum absolute atomic E-state index is 13.4.